The third kappa shape index (κ3) is 3.23. The topological polar surface area (TPSA) is 59.2 Å². The number of nitrogen functional groups attached to an aromatic ring is 1. The molecule has 0 unspecified atom stereocenters. The van der Waals surface area contributed by atoms with Crippen LogP contribution in [0.2, 0.25) is 0 Å². The van der Waals surface area contributed by atoms with E-state index in [1.54, 1.807) is 24.1 Å². The van der Waals surface area contributed by atoms with Crippen LogP contribution >= 0.6 is 0 Å². The Labute approximate surface area is 90.1 Å². The molecule has 0 fully saturated rings. The Morgan fingerprint density at radius 2 is 2.20 bits per heavy atom. The van der Waals surface area contributed by atoms with Gasteiger partial charge < -0.3 is 10.6 Å². The fourth-order valence-electron chi connectivity index (χ4n) is 1.38. The first-order chi connectivity index (χ1) is 7.00. The van der Waals surface area contributed by atoms with Gasteiger partial charge in [0.2, 0.25) is 0 Å². The van der Waals surface area contributed by atoms with Gasteiger partial charge in [-0.2, -0.15) is 0 Å². The van der Waals surface area contributed by atoms with Crippen molar-refractivity contribution >= 4 is 11.7 Å². The van der Waals surface area contributed by atoms with Gasteiger partial charge in [-0.25, -0.2) is 4.98 Å². The van der Waals surface area contributed by atoms with Crippen LogP contribution in [0.15, 0.2) is 18.3 Å². The highest BCUT2D eigenvalue weighted by atomic mass is 16.2. The SMILES string of the molecule is CC(C)CN(C)C(=O)c1ccc(N)nc1. The number of carbonyl (C=O) groups is 1. The van der Waals surface area contributed by atoms with Gasteiger partial charge >= 0.3 is 0 Å². The molecule has 15 heavy (non-hydrogen) atoms. The Kier molecular flexibility index (Phi) is 3.66. The van der Waals surface area contributed by atoms with Gasteiger partial charge in [0.25, 0.3) is 5.91 Å². The van der Waals surface area contributed by atoms with Gasteiger partial charge in [0, 0.05) is 19.8 Å². The second kappa shape index (κ2) is 4.77. The highest BCUT2D eigenvalue weighted by Crippen LogP contribution is 2.06. The summed E-state index contributed by atoms with van der Waals surface area (Å²) in [5.74, 6) is 0.870. The molecule has 0 saturated carbocycles. The van der Waals surface area contributed by atoms with Gasteiger partial charge in [-0.05, 0) is 18.1 Å². The average molecular weight is 207 g/mol. The van der Waals surface area contributed by atoms with Gasteiger partial charge in [-0.3, -0.25) is 4.79 Å². The van der Waals surface area contributed by atoms with Crippen molar-refractivity contribution in [3.8, 4) is 0 Å². The van der Waals surface area contributed by atoms with Crippen LogP contribution in [0.4, 0.5) is 5.82 Å². The quantitative estimate of drug-likeness (QED) is 0.814. The molecule has 1 amide bonds. The Bertz CT molecular complexity index is 332. The minimum Gasteiger partial charge on any atom is -0.384 e. The van der Waals surface area contributed by atoms with E-state index in [9.17, 15) is 4.79 Å². The van der Waals surface area contributed by atoms with Gasteiger partial charge in [-0.15, -0.1) is 0 Å². The smallest absolute Gasteiger partial charge is 0.255 e. The standard InChI is InChI=1S/C11H17N3O/c1-8(2)7-14(3)11(15)9-4-5-10(12)13-6-9/h4-6,8H,7H2,1-3H3,(H2,12,13). The molecule has 1 heterocycles. The summed E-state index contributed by atoms with van der Waals surface area (Å²) in [5, 5.41) is 0. The number of carbonyl (C=O) groups excluding carboxylic acids is 1. The molecule has 2 N–H and O–H groups in total. The van der Waals surface area contributed by atoms with Crippen LogP contribution in [0.3, 0.4) is 0 Å². The maximum Gasteiger partial charge on any atom is 0.255 e. The lowest BCUT2D eigenvalue weighted by Crippen LogP contribution is -2.30. The van der Waals surface area contributed by atoms with Crippen molar-refractivity contribution in [3.05, 3.63) is 23.9 Å². The molecule has 1 rings (SSSR count). The Balaban J connectivity index is 2.72. The molecule has 0 aromatic carbocycles. The molecule has 1 aromatic rings. The fraction of sp³-hybridized carbons (Fsp3) is 0.455. The molecule has 1 aromatic heterocycles. The fourth-order valence-corrected chi connectivity index (χ4v) is 1.38. The highest BCUT2D eigenvalue weighted by molar-refractivity contribution is 5.93. The zero-order valence-corrected chi connectivity index (χ0v) is 9.40. The zero-order valence-electron chi connectivity index (χ0n) is 9.40. The number of anilines is 1. The van der Waals surface area contributed by atoms with Crippen molar-refractivity contribution in [3.63, 3.8) is 0 Å². The predicted molar refractivity (Wildman–Crippen MR) is 60.4 cm³/mol. The van der Waals surface area contributed by atoms with Gasteiger partial charge in [0.1, 0.15) is 5.82 Å². The Morgan fingerprint density at radius 3 is 2.67 bits per heavy atom. The number of nitrogens with zero attached hydrogens (tertiary/aromatic N) is 2. The monoisotopic (exact) mass is 207 g/mol. The normalized spacial score (nSPS) is 10.4. The summed E-state index contributed by atoms with van der Waals surface area (Å²) in [5.41, 5.74) is 6.02. The Morgan fingerprint density at radius 1 is 1.53 bits per heavy atom. The van der Waals surface area contributed by atoms with Crippen LogP contribution in [0.5, 0.6) is 0 Å². The predicted octanol–water partition coefficient (Wildman–Crippen LogP) is 1.39. The summed E-state index contributed by atoms with van der Waals surface area (Å²) < 4.78 is 0. The maximum atomic E-state index is 11.8. The average Bonchev–Trinajstić information content (AvgIpc) is 2.17. The first-order valence-corrected chi connectivity index (χ1v) is 4.97. The van der Waals surface area contributed by atoms with Crippen molar-refractivity contribution in [1.82, 2.24) is 9.88 Å². The van der Waals surface area contributed by atoms with Crippen molar-refractivity contribution in [2.75, 3.05) is 19.3 Å². The number of nitrogens with two attached hydrogens (primary N) is 1. The lowest BCUT2D eigenvalue weighted by Gasteiger charge is -2.19. The molecular weight excluding hydrogens is 190 g/mol. The summed E-state index contributed by atoms with van der Waals surface area (Å²) in [6.45, 7) is 4.89. The van der Waals surface area contributed by atoms with Gasteiger partial charge in [0.15, 0.2) is 0 Å². The summed E-state index contributed by atoms with van der Waals surface area (Å²) in [6.07, 6.45) is 1.51. The third-order valence-electron chi connectivity index (χ3n) is 2.02. The van der Waals surface area contributed by atoms with Crippen LogP contribution < -0.4 is 5.73 Å². The van der Waals surface area contributed by atoms with E-state index >= 15 is 0 Å². The maximum absolute atomic E-state index is 11.8. The zero-order chi connectivity index (χ0) is 11.4. The van der Waals surface area contributed by atoms with E-state index in [0.29, 0.717) is 17.3 Å². The molecule has 0 atom stereocenters. The van der Waals surface area contributed by atoms with Crippen molar-refractivity contribution in [1.29, 1.82) is 0 Å². The number of hydrogen-bond donors (Lipinski definition) is 1. The molecule has 0 saturated heterocycles. The van der Waals surface area contributed by atoms with Crippen LogP contribution in [-0.2, 0) is 0 Å². The molecule has 0 radical (unpaired) electrons. The molecule has 0 spiro atoms. The second-order valence-corrected chi connectivity index (χ2v) is 4.05. The van der Waals surface area contributed by atoms with E-state index < -0.39 is 0 Å². The van der Waals surface area contributed by atoms with Crippen LogP contribution in [-0.4, -0.2) is 29.4 Å². The number of hydrogen-bond acceptors (Lipinski definition) is 3. The van der Waals surface area contributed by atoms with E-state index in [-0.39, 0.29) is 5.91 Å². The van der Waals surface area contributed by atoms with Crippen molar-refractivity contribution in [2.24, 2.45) is 5.92 Å². The summed E-state index contributed by atoms with van der Waals surface area (Å²) in [7, 11) is 1.79. The molecular formula is C11H17N3O. The van der Waals surface area contributed by atoms with Crippen LogP contribution in [0, 0.1) is 5.92 Å². The molecule has 0 aliphatic rings. The van der Waals surface area contributed by atoms with Crippen molar-refractivity contribution in [2.45, 2.75) is 13.8 Å². The molecule has 0 bridgehead atoms. The van der Waals surface area contributed by atoms with E-state index in [1.807, 2.05) is 0 Å². The molecule has 4 nitrogen and oxygen atoms in total. The molecule has 0 aliphatic heterocycles. The number of amides is 1. The van der Waals surface area contributed by atoms with E-state index in [2.05, 4.69) is 18.8 Å². The van der Waals surface area contributed by atoms with E-state index in [4.69, 9.17) is 5.73 Å². The summed E-state index contributed by atoms with van der Waals surface area (Å²) in [4.78, 5) is 17.4. The van der Waals surface area contributed by atoms with Gasteiger partial charge in [0.05, 0.1) is 5.56 Å². The summed E-state index contributed by atoms with van der Waals surface area (Å²) in [6, 6.07) is 3.33. The molecule has 0 aliphatic carbocycles. The minimum absolute atomic E-state index is 0.0174. The Hall–Kier alpha value is -1.58. The van der Waals surface area contributed by atoms with Crippen LogP contribution in [0.1, 0.15) is 24.2 Å². The second-order valence-electron chi connectivity index (χ2n) is 4.05. The van der Waals surface area contributed by atoms with Gasteiger partial charge in [-0.1, -0.05) is 13.8 Å². The minimum atomic E-state index is -0.0174. The lowest BCUT2D eigenvalue weighted by atomic mass is 10.2. The summed E-state index contributed by atoms with van der Waals surface area (Å²) >= 11 is 0. The van der Waals surface area contributed by atoms with E-state index in [0.717, 1.165) is 6.54 Å². The number of aromatic nitrogens is 1. The van der Waals surface area contributed by atoms with Crippen LogP contribution in [0.25, 0.3) is 0 Å². The number of rotatable bonds is 3. The third-order valence-corrected chi connectivity index (χ3v) is 2.02. The largest absolute Gasteiger partial charge is 0.384 e. The molecule has 4 heteroatoms. The first kappa shape index (κ1) is 11.5. The van der Waals surface area contributed by atoms with Crippen molar-refractivity contribution < 1.29 is 4.79 Å². The highest BCUT2D eigenvalue weighted by Gasteiger charge is 2.12. The first-order valence-electron chi connectivity index (χ1n) is 4.97. The van der Waals surface area contributed by atoms with E-state index in [1.165, 1.54) is 6.20 Å². The molecule has 82 valence electrons. The number of pyridine rings is 1. The lowest BCUT2D eigenvalue weighted by molar-refractivity contribution is 0.0779.